The highest BCUT2D eigenvalue weighted by atomic mass is 19.1. The predicted molar refractivity (Wildman–Crippen MR) is 63.7 cm³/mol. The molecule has 0 bridgehead atoms. The van der Waals surface area contributed by atoms with E-state index in [9.17, 15) is 18.4 Å². The maximum atomic E-state index is 13.4. The maximum absolute atomic E-state index is 13.4. The number of hydrogen-bond acceptors (Lipinski definition) is 3. The molecule has 0 unspecified atom stereocenters. The van der Waals surface area contributed by atoms with Gasteiger partial charge in [0.15, 0.2) is 0 Å². The summed E-state index contributed by atoms with van der Waals surface area (Å²) in [6, 6.07) is 3.75. The van der Waals surface area contributed by atoms with Gasteiger partial charge in [-0.25, -0.2) is 13.6 Å². The van der Waals surface area contributed by atoms with Crippen LogP contribution in [0.3, 0.4) is 0 Å². The zero-order valence-corrected chi connectivity index (χ0v) is 9.41. The van der Waals surface area contributed by atoms with Crippen LogP contribution in [-0.4, -0.2) is 16.1 Å². The highest BCUT2D eigenvalue weighted by molar-refractivity contribution is 5.94. The van der Waals surface area contributed by atoms with Crippen molar-refractivity contribution in [3.63, 3.8) is 0 Å². The molecule has 0 spiro atoms. The van der Waals surface area contributed by atoms with Crippen LogP contribution in [0.5, 0.6) is 0 Å². The van der Waals surface area contributed by atoms with Crippen molar-refractivity contribution in [1.29, 1.82) is 0 Å². The zero-order chi connectivity index (χ0) is 14.0. The molecule has 1 aromatic heterocycles. The molecule has 0 radical (unpaired) electrons. The monoisotopic (exact) mass is 266 g/mol. The van der Waals surface area contributed by atoms with E-state index in [-0.39, 0.29) is 16.9 Å². The van der Waals surface area contributed by atoms with Crippen molar-refractivity contribution in [2.24, 2.45) is 0 Å². The summed E-state index contributed by atoms with van der Waals surface area (Å²) in [7, 11) is 0. The number of carboxylic acid groups (broad SMARTS) is 1. The molecule has 0 aliphatic carbocycles. The highest BCUT2D eigenvalue weighted by Crippen LogP contribution is 2.22. The molecule has 7 heteroatoms. The Hall–Kier alpha value is -2.70. The molecule has 2 rings (SSSR count). The van der Waals surface area contributed by atoms with E-state index < -0.39 is 23.2 Å². The van der Waals surface area contributed by atoms with E-state index in [2.05, 4.69) is 10.3 Å². The summed E-state index contributed by atoms with van der Waals surface area (Å²) < 4.78 is 26.2. The Labute approximate surface area is 105 Å². The van der Waals surface area contributed by atoms with Crippen molar-refractivity contribution in [2.75, 3.05) is 5.32 Å². The summed E-state index contributed by atoms with van der Waals surface area (Å²) in [5.41, 5.74) is -0.991. The molecule has 0 amide bonds. The molecule has 1 heterocycles. The number of aromatic amines is 1. The van der Waals surface area contributed by atoms with Crippen LogP contribution in [0.15, 0.2) is 35.3 Å². The van der Waals surface area contributed by atoms with Crippen molar-refractivity contribution in [3.05, 3.63) is 58.0 Å². The summed E-state index contributed by atoms with van der Waals surface area (Å²) in [5.74, 6) is -2.94. The Kier molecular flexibility index (Phi) is 3.28. The number of rotatable bonds is 3. The lowest BCUT2D eigenvalue weighted by molar-refractivity contribution is 0.0697. The standard InChI is InChI=1S/C12H8F2N2O3/c13-6-1-2-9(8(14)3-6)16-10-4-11(17)15-5-7(10)12(18)19/h1-5H,(H,18,19)(H2,15,16,17). The molecule has 2 aromatic rings. The van der Waals surface area contributed by atoms with Crippen LogP contribution in [0.25, 0.3) is 0 Å². The number of carbonyl (C=O) groups is 1. The van der Waals surface area contributed by atoms with Gasteiger partial charge < -0.3 is 15.4 Å². The van der Waals surface area contributed by atoms with E-state index in [0.29, 0.717) is 6.07 Å². The first-order valence-electron chi connectivity index (χ1n) is 5.15. The van der Waals surface area contributed by atoms with Crippen LogP contribution in [-0.2, 0) is 0 Å². The lowest BCUT2D eigenvalue weighted by atomic mass is 10.2. The SMILES string of the molecule is O=C(O)c1c[nH]c(=O)cc1Nc1ccc(F)cc1F. The van der Waals surface area contributed by atoms with Crippen LogP contribution in [0.4, 0.5) is 20.2 Å². The number of aromatic nitrogens is 1. The molecule has 0 saturated heterocycles. The summed E-state index contributed by atoms with van der Waals surface area (Å²) in [6.45, 7) is 0. The van der Waals surface area contributed by atoms with Crippen LogP contribution in [0, 0.1) is 11.6 Å². The molecule has 1 aromatic carbocycles. The van der Waals surface area contributed by atoms with Crippen LogP contribution >= 0.6 is 0 Å². The minimum Gasteiger partial charge on any atom is -0.478 e. The molecule has 19 heavy (non-hydrogen) atoms. The first-order chi connectivity index (χ1) is 8.97. The normalized spacial score (nSPS) is 10.2. The van der Waals surface area contributed by atoms with Crippen LogP contribution in [0.1, 0.15) is 10.4 Å². The Balaban J connectivity index is 2.45. The van der Waals surface area contributed by atoms with Crippen molar-refractivity contribution < 1.29 is 18.7 Å². The molecule has 0 saturated carbocycles. The van der Waals surface area contributed by atoms with Gasteiger partial charge in [0.2, 0.25) is 5.56 Å². The van der Waals surface area contributed by atoms with E-state index in [4.69, 9.17) is 5.11 Å². The van der Waals surface area contributed by atoms with E-state index in [1.54, 1.807) is 0 Å². The molecule has 0 atom stereocenters. The molecular weight excluding hydrogens is 258 g/mol. The number of hydrogen-bond donors (Lipinski definition) is 3. The molecule has 3 N–H and O–H groups in total. The minimum atomic E-state index is -1.29. The first-order valence-corrected chi connectivity index (χ1v) is 5.15. The number of aromatic carboxylic acids is 1. The first kappa shape index (κ1) is 12.7. The third-order valence-corrected chi connectivity index (χ3v) is 2.36. The minimum absolute atomic E-state index is 0.0817. The highest BCUT2D eigenvalue weighted by Gasteiger charge is 2.12. The summed E-state index contributed by atoms with van der Waals surface area (Å²) >= 11 is 0. The van der Waals surface area contributed by atoms with Crippen LogP contribution < -0.4 is 10.9 Å². The molecule has 0 aliphatic rings. The van der Waals surface area contributed by atoms with Gasteiger partial charge in [-0.1, -0.05) is 0 Å². The number of halogens is 2. The fourth-order valence-electron chi connectivity index (χ4n) is 1.49. The van der Waals surface area contributed by atoms with Crippen molar-refractivity contribution in [1.82, 2.24) is 4.98 Å². The molecule has 0 aliphatic heterocycles. The van der Waals surface area contributed by atoms with Gasteiger partial charge in [-0.05, 0) is 12.1 Å². The van der Waals surface area contributed by atoms with Gasteiger partial charge in [0.1, 0.15) is 11.6 Å². The second kappa shape index (κ2) is 4.89. The molecule has 0 fully saturated rings. The van der Waals surface area contributed by atoms with Crippen molar-refractivity contribution in [3.8, 4) is 0 Å². The van der Waals surface area contributed by atoms with Crippen LogP contribution in [0.2, 0.25) is 0 Å². The topological polar surface area (TPSA) is 82.2 Å². The smallest absolute Gasteiger partial charge is 0.339 e. The summed E-state index contributed by atoms with van der Waals surface area (Å²) in [5, 5.41) is 11.4. The second-order valence-corrected chi connectivity index (χ2v) is 3.68. The fourth-order valence-corrected chi connectivity index (χ4v) is 1.49. The number of pyridine rings is 1. The van der Waals surface area contributed by atoms with Gasteiger partial charge in [0.25, 0.3) is 0 Å². The number of anilines is 2. The average Bonchev–Trinajstić information content (AvgIpc) is 2.32. The largest absolute Gasteiger partial charge is 0.478 e. The Morgan fingerprint density at radius 1 is 1.21 bits per heavy atom. The lowest BCUT2D eigenvalue weighted by Crippen LogP contribution is -2.11. The predicted octanol–water partition coefficient (Wildman–Crippen LogP) is 2.09. The molecular formula is C12H8F2N2O3. The van der Waals surface area contributed by atoms with E-state index in [1.165, 1.54) is 0 Å². The van der Waals surface area contributed by atoms with Gasteiger partial charge in [-0.15, -0.1) is 0 Å². The van der Waals surface area contributed by atoms with E-state index in [1.807, 2.05) is 0 Å². The number of H-pyrrole nitrogens is 1. The fraction of sp³-hybridized carbons (Fsp3) is 0. The Morgan fingerprint density at radius 2 is 1.95 bits per heavy atom. The Morgan fingerprint density at radius 3 is 2.58 bits per heavy atom. The Bertz CT molecular complexity index is 698. The van der Waals surface area contributed by atoms with E-state index >= 15 is 0 Å². The quantitative estimate of drug-likeness (QED) is 0.794. The third-order valence-electron chi connectivity index (χ3n) is 2.36. The van der Waals surface area contributed by atoms with Gasteiger partial charge in [-0.2, -0.15) is 0 Å². The second-order valence-electron chi connectivity index (χ2n) is 3.68. The summed E-state index contributed by atoms with van der Waals surface area (Å²) in [6.07, 6.45) is 0.994. The molecule has 5 nitrogen and oxygen atoms in total. The average molecular weight is 266 g/mol. The number of benzene rings is 1. The van der Waals surface area contributed by atoms with E-state index in [0.717, 1.165) is 24.4 Å². The maximum Gasteiger partial charge on any atom is 0.339 e. The van der Waals surface area contributed by atoms with Crippen molar-refractivity contribution in [2.45, 2.75) is 0 Å². The van der Waals surface area contributed by atoms with Gasteiger partial charge in [-0.3, -0.25) is 4.79 Å². The summed E-state index contributed by atoms with van der Waals surface area (Å²) in [4.78, 5) is 24.3. The zero-order valence-electron chi connectivity index (χ0n) is 9.41. The van der Waals surface area contributed by atoms with Crippen molar-refractivity contribution >= 4 is 17.3 Å². The van der Waals surface area contributed by atoms with Gasteiger partial charge in [0, 0.05) is 18.3 Å². The number of carboxylic acids is 1. The van der Waals surface area contributed by atoms with Gasteiger partial charge in [0.05, 0.1) is 16.9 Å². The third kappa shape index (κ3) is 2.76. The number of nitrogens with one attached hydrogen (secondary N) is 2. The van der Waals surface area contributed by atoms with Gasteiger partial charge >= 0.3 is 5.97 Å². The lowest BCUT2D eigenvalue weighted by Gasteiger charge is -2.09. The molecule has 98 valence electrons.